The molecule has 9 heavy (non-hydrogen) atoms. The Bertz CT molecular complexity index is 208. The molecule has 0 fully saturated rings. The summed E-state index contributed by atoms with van der Waals surface area (Å²) in [5.41, 5.74) is 0. The van der Waals surface area contributed by atoms with Gasteiger partial charge in [-0.05, 0) is 15.9 Å². The van der Waals surface area contributed by atoms with Crippen LogP contribution >= 0.6 is 39.1 Å². The number of halogens is 3. The first-order chi connectivity index (χ1) is 4.22. The lowest BCUT2D eigenvalue weighted by molar-refractivity contribution is 1.02. The third-order valence-electron chi connectivity index (χ3n) is 0.707. The van der Waals surface area contributed by atoms with E-state index in [0.717, 1.165) is 0 Å². The molecule has 1 aromatic heterocycles. The number of aromatic nitrogens is 2. The molecule has 0 atom stereocenters. The molecular weight excluding hydrogens is 227 g/mol. The molecular formula is C4HBrCl2N2. The van der Waals surface area contributed by atoms with Gasteiger partial charge in [0.15, 0.2) is 5.15 Å². The van der Waals surface area contributed by atoms with E-state index in [9.17, 15) is 0 Å². The van der Waals surface area contributed by atoms with Crippen molar-refractivity contribution in [2.45, 2.75) is 0 Å². The molecule has 0 unspecified atom stereocenters. The molecule has 0 aromatic carbocycles. The molecule has 0 saturated carbocycles. The van der Waals surface area contributed by atoms with E-state index in [0.29, 0.717) is 9.50 Å². The van der Waals surface area contributed by atoms with Crippen LogP contribution in [0.15, 0.2) is 10.7 Å². The van der Waals surface area contributed by atoms with Crippen molar-refractivity contribution in [2.24, 2.45) is 0 Å². The van der Waals surface area contributed by atoms with E-state index in [-0.39, 0.29) is 5.15 Å². The van der Waals surface area contributed by atoms with Crippen LogP contribution in [0.4, 0.5) is 0 Å². The zero-order valence-electron chi connectivity index (χ0n) is 4.11. The van der Waals surface area contributed by atoms with Crippen molar-refractivity contribution in [3.05, 3.63) is 20.8 Å². The third kappa shape index (κ3) is 1.53. The Labute approximate surface area is 70.3 Å². The third-order valence-corrected chi connectivity index (χ3v) is 2.52. The topological polar surface area (TPSA) is 25.8 Å². The Balaban J connectivity index is 3.25. The Morgan fingerprint density at radius 1 is 1.44 bits per heavy atom. The van der Waals surface area contributed by atoms with Crippen molar-refractivity contribution in [1.82, 2.24) is 10.2 Å². The highest BCUT2D eigenvalue weighted by molar-refractivity contribution is 9.10. The lowest BCUT2D eigenvalue weighted by Crippen LogP contribution is -1.81. The van der Waals surface area contributed by atoms with Gasteiger partial charge in [-0.25, -0.2) is 0 Å². The number of hydrogen-bond acceptors (Lipinski definition) is 2. The summed E-state index contributed by atoms with van der Waals surface area (Å²) in [6.07, 6.45) is 1.41. The van der Waals surface area contributed by atoms with Crippen LogP contribution in [-0.4, -0.2) is 10.2 Å². The van der Waals surface area contributed by atoms with Gasteiger partial charge in [0.05, 0.1) is 15.7 Å². The highest BCUT2D eigenvalue weighted by Crippen LogP contribution is 2.26. The molecule has 48 valence electrons. The second-order valence-electron chi connectivity index (χ2n) is 1.30. The van der Waals surface area contributed by atoms with E-state index >= 15 is 0 Å². The Hall–Kier alpha value is 0.140. The van der Waals surface area contributed by atoms with E-state index in [1.807, 2.05) is 0 Å². The predicted molar refractivity (Wildman–Crippen MR) is 39.8 cm³/mol. The van der Waals surface area contributed by atoms with Crippen LogP contribution in [0.5, 0.6) is 0 Å². The van der Waals surface area contributed by atoms with E-state index in [1.54, 1.807) is 0 Å². The summed E-state index contributed by atoms with van der Waals surface area (Å²) in [5.74, 6) is 0. The predicted octanol–water partition coefficient (Wildman–Crippen LogP) is 2.55. The van der Waals surface area contributed by atoms with E-state index in [2.05, 4.69) is 26.1 Å². The summed E-state index contributed by atoms with van der Waals surface area (Å²) in [7, 11) is 0. The second-order valence-corrected chi connectivity index (χ2v) is 2.86. The second kappa shape index (κ2) is 2.82. The molecule has 0 radical (unpaired) electrons. The van der Waals surface area contributed by atoms with Crippen molar-refractivity contribution in [3.63, 3.8) is 0 Å². The summed E-state index contributed by atoms with van der Waals surface area (Å²) in [6.45, 7) is 0. The van der Waals surface area contributed by atoms with Crippen LogP contribution < -0.4 is 0 Å². The number of nitrogens with zero attached hydrogens (tertiary/aromatic N) is 2. The average molecular weight is 228 g/mol. The van der Waals surface area contributed by atoms with Crippen LogP contribution in [0.1, 0.15) is 0 Å². The quantitative estimate of drug-likeness (QED) is 0.681. The van der Waals surface area contributed by atoms with Gasteiger partial charge in [-0.3, -0.25) is 0 Å². The van der Waals surface area contributed by atoms with Crippen LogP contribution in [0, 0.1) is 0 Å². The molecule has 1 aromatic rings. The van der Waals surface area contributed by atoms with Gasteiger partial charge in [-0.1, -0.05) is 23.2 Å². The van der Waals surface area contributed by atoms with Crippen molar-refractivity contribution in [3.8, 4) is 0 Å². The molecule has 1 rings (SSSR count). The molecule has 1 heterocycles. The summed E-state index contributed by atoms with van der Waals surface area (Å²) >= 11 is 14.2. The van der Waals surface area contributed by atoms with Crippen molar-refractivity contribution in [1.29, 1.82) is 0 Å². The summed E-state index contributed by atoms with van der Waals surface area (Å²) in [5, 5.41) is 7.77. The standard InChI is InChI=1S/C4HBrCl2N2/c5-3-2(6)1-8-9-4(3)7/h1H. The van der Waals surface area contributed by atoms with Gasteiger partial charge in [-0.15, -0.1) is 5.10 Å². The minimum atomic E-state index is 0.280. The minimum absolute atomic E-state index is 0.280. The average Bonchev–Trinajstić information content (AvgIpc) is 1.83. The Morgan fingerprint density at radius 3 is 2.56 bits per heavy atom. The summed E-state index contributed by atoms with van der Waals surface area (Å²) in [6, 6.07) is 0. The molecule has 5 heteroatoms. The van der Waals surface area contributed by atoms with Crippen molar-refractivity contribution < 1.29 is 0 Å². The van der Waals surface area contributed by atoms with Crippen LogP contribution in [0.25, 0.3) is 0 Å². The van der Waals surface area contributed by atoms with Gasteiger partial charge in [-0.2, -0.15) is 5.10 Å². The number of rotatable bonds is 0. The molecule has 0 aliphatic heterocycles. The van der Waals surface area contributed by atoms with Crippen molar-refractivity contribution >= 4 is 39.1 Å². The Kier molecular flexibility index (Phi) is 2.27. The van der Waals surface area contributed by atoms with E-state index in [1.165, 1.54) is 6.20 Å². The van der Waals surface area contributed by atoms with Gasteiger partial charge in [0.25, 0.3) is 0 Å². The zero-order chi connectivity index (χ0) is 6.85. The molecule has 0 N–H and O–H groups in total. The lowest BCUT2D eigenvalue weighted by atomic mass is 10.6. The smallest absolute Gasteiger partial charge is 0.156 e. The fourth-order valence-electron chi connectivity index (χ4n) is 0.329. The van der Waals surface area contributed by atoms with Gasteiger partial charge in [0, 0.05) is 0 Å². The van der Waals surface area contributed by atoms with Crippen LogP contribution in [0.2, 0.25) is 10.2 Å². The first-order valence-corrected chi connectivity index (χ1v) is 3.59. The monoisotopic (exact) mass is 226 g/mol. The fourth-order valence-corrected chi connectivity index (χ4v) is 0.838. The SMILES string of the molecule is Clc1cnnc(Cl)c1Br. The van der Waals surface area contributed by atoms with Crippen molar-refractivity contribution in [2.75, 3.05) is 0 Å². The molecule has 0 saturated heterocycles. The van der Waals surface area contributed by atoms with E-state index in [4.69, 9.17) is 23.2 Å². The fraction of sp³-hybridized carbons (Fsp3) is 0. The largest absolute Gasteiger partial charge is 0.167 e. The van der Waals surface area contributed by atoms with E-state index < -0.39 is 0 Å². The molecule has 0 aliphatic rings. The molecule has 0 aliphatic carbocycles. The van der Waals surface area contributed by atoms with Crippen LogP contribution in [0.3, 0.4) is 0 Å². The van der Waals surface area contributed by atoms with Gasteiger partial charge in [0.1, 0.15) is 0 Å². The highest BCUT2D eigenvalue weighted by atomic mass is 79.9. The molecule has 0 spiro atoms. The normalized spacial score (nSPS) is 9.67. The van der Waals surface area contributed by atoms with Gasteiger partial charge < -0.3 is 0 Å². The molecule has 0 bridgehead atoms. The van der Waals surface area contributed by atoms with Gasteiger partial charge in [0.2, 0.25) is 0 Å². The first-order valence-electron chi connectivity index (χ1n) is 2.04. The highest BCUT2D eigenvalue weighted by Gasteiger charge is 2.01. The maximum atomic E-state index is 5.58. The van der Waals surface area contributed by atoms with Crippen LogP contribution in [-0.2, 0) is 0 Å². The summed E-state index contributed by atoms with van der Waals surface area (Å²) < 4.78 is 0.584. The van der Waals surface area contributed by atoms with Gasteiger partial charge >= 0.3 is 0 Å². The first kappa shape index (κ1) is 7.25. The maximum Gasteiger partial charge on any atom is 0.167 e. The molecule has 2 nitrogen and oxygen atoms in total. The summed E-state index contributed by atoms with van der Waals surface area (Å²) in [4.78, 5) is 0. The number of hydrogen-bond donors (Lipinski definition) is 0. The lowest BCUT2D eigenvalue weighted by Gasteiger charge is -1.92. The molecule has 0 amide bonds. The zero-order valence-corrected chi connectivity index (χ0v) is 7.20. The minimum Gasteiger partial charge on any atom is -0.156 e. The Morgan fingerprint density at radius 2 is 2.11 bits per heavy atom. The maximum absolute atomic E-state index is 5.58.